The van der Waals surface area contributed by atoms with Crippen LogP contribution in [0.15, 0.2) is 29.1 Å². The van der Waals surface area contributed by atoms with Crippen LogP contribution in [0.4, 0.5) is 5.69 Å². The number of carbonyl (C=O) groups excluding carboxylic acids is 1. The molecular weight excluding hydrogens is 244 g/mol. The molecule has 0 aliphatic rings. The van der Waals surface area contributed by atoms with Gasteiger partial charge in [0.15, 0.2) is 0 Å². The Hall–Kier alpha value is -1.39. The number of amides is 1. The molecule has 0 unspecified atom stereocenters. The zero-order valence-corrected chi connectivity index (χ0v) is 10.1. The van der Waals surface area contributed by atoms with Gasteiger partial charge in [0.1, 0.15) is 5.69 Å². The van der Waals surface area contributed by atoms with Gasteiger partial charge in [0.25, 0.3) is 5.91 Å². The predicted octanol–water partition coefficient (Wildman–Crippen LogP) is 3.36. The molecule has 3 nitrogen and oxygen atoms in total. The maximum Gasteiger partial charge on any atom is 0.275 e. The highest BCUT2D eigenvalue weighted by atomic mass is 35.5. The number of hydrogen-bond donors (Lipinski definition) is 1. The third-order valence-corrected chi connectivity index (χ3v) is 2.93. The van der Waals surface area contributed by atoms with Crippen molar-refractivity contribution in [1.29, 1.82) is 0 Å². The van der Waals surface area contributed by atoms with E-state index in [0.717, 1.165) is 5.56 Å². The van der Waals surface area contributed by atoms with Crippen molar-refractivity contribution in [2.45, 2.75) is 6.92 Å². The Labute approximate surface area is 102 Å². The van der Waals surface area contributed by atoms with Crippen LogP contribution in [0.5, 0.6) is 0 Å². The molecule has 16 heavy (non-hydrogen) atoms. The summed E-state index contributed by atoms with van der Waals surface area (Å²) < 4.78 is 0. The molecule has 0 bridgehead atoms. The van der Waals surface area contributed by atoms with Crippen molar-refractivity contribution >= 4 is 34.5 Å². The lowest BCUT2D eigenvalue weighted by Crippen LogP contribution is -2.12. The number of nitrogens with zero attached hydrogens (tertiary/aromatic N) is 1. The lowest BCUT2D eigenvalue weighted by atomic mass is 10.2. The highest BCUT2D eigenvalue weighted by Gasteiger charge is 2.09. The Kier molecular flexibility index (Phi) is 3.22. The van der Waals surface area contributed by atoms with Crippen LogP contribution in [0.3, 0.4) is 0 Å². The Balaban J connectivity index is 2.21. The Morgan fingerprint density at radius 2 is 2.31 bits per heavy atom. The zero-order valence-electron chi connectivity index (χ0n) is 8.53. The average molecular weight is 253 g/mol. The molecule has 82 valence electrons. The first-order valence-electron chi connectivity index (χ1n) is 4.62. The SMILES string of the molecule is Cc1ccc(Cl)cc1NC(=O)c1cscn1. The lowest BCUT2D eigenvalue weighted by Gasteiger charge is -2.07. The summed E-state index contributed by atoms with van der Waals surface area (Å²) in [7, 11) is 0. The zero-order chi connectivity index (χ0) is 11.5. The van der Waals surface area contributed by atoms with Crippen LogP contribution in [0.2, 0.25) is 5.02 Å². The lowest BCUT2D eigenvalue weighted by molar-refractivity contribution is 0.102. The van der Waals surface area contributed by atoms with Gasteiger partial charge in [-0.25, -0.2) is 4.98 Å². The van der Waals surface area contributed by atoms with E-state index in [0.29, 0.717) is 16.4 Å². The van der Waals surface area contributed by atoms with Crippen LogP contribution in [-0.2, 0) is 0 Å². The second-order valence-corrected chi connectivity index (χ2v) is 4.44. The van der Waals surface area contributed by atoms with Gasteiger partial charge in [-0.15, -0.1) is 11.3 Å². The van der Waals surface area contributed by atoms with E-state index in [9.17, 15) is 4.79 Å². The second-order valence-electron chi connectivity index (χ2n) is 3.29. The van der Waals surface area contributed by atoms with Gasteiger partial charge < -0.3 is 5.32 Å². The number of thiazole rings is 1. The molecule has 0 aliphatic carbocycles. The van der Waals surface area contributed by atoms with E-state index in [4.69, 9.17) is 11.6 Å². The number of aromatic nitrogens is 1. The van der Waals surface area contributed by atoms with Gasteiger partial charge in [-0.3, -0.25) is 4.79 Å². The fourth-order valence-corrected chi connectivity index (χ4v) is 1.94. The summed E-state index contributed by atoms with van der Waals surface area (Å²) in [6, 6.07) is 5.37. The standard InChI is InChI=1S/C11H9ClN2OS/c1-7-2-3-8(12)4-9(7)14-11(15)10-5-16-6-13-10/h2-6H,1H3,(H,14,15). The van der Waals surface area contributed by atoms with E-state index in [1.54, 1.807) is 23.0 Å². The van der Waals surface area contributed by atoms with E-state index in [-0.39, 0.29) is 5.91 Å². The predicted molar refractivity (Wildman–Crippen MR) is 66.3 cm³/mol. The largest absolute Gasteiger partial charge is 0.320 e. The molecule has 0 aliphatic heterocycles. The normalized spacial score (nSPS) is 10.1. The molecule has 2 aromatic rings. The van der Waals surface area contributed by atoms with Gasteiger partial charge in [-0.2, -0.15) is 0 Å². The number of anilines is 1. The van der Waals surface area contributed by atoms with Crippen molar-refractivity contribution in [3.63, 3.8) is 0 Å². The molecule has 0 radical (unpaired) electrons. The maximum absolute atomic E-state index is 11.7. The van der Waals surface area contributed by atoms with Gasteiger partial charge in [0, 0.05) is 16.1 Å². The number of nitrogens with one attached hydrogen (secondary N) is 1. The molecule has 1 aromatic carbocycles. The highest BCUT2D eigenvalue weighted by Crippen LogP contribution is 2.20. The molecule has 2 rings (SSSR count). The summed E-state index contributed by atoms with van der Waals surface area (Å²) in [6.45, 7) is 1.91. The molecule has 1 heterocycles. The minimum Gasteiger partial charge on any atom is -0.320 e. The van der Waals surface area contributed by atoms with Crippen LogP contribution in [0, 0.1) is 6.92 Å². The molecular formula is C11H9ClN2OS. The average Bonchev–Trinajstić information content (AvgIpc) is 2.76. The quantitative estimate of drug-likeness (QED) is 0.891. The first-order chi connectivity index (χ1) is 7.66. The number of hydrogen-bond acceptors (Lipinski definition) is 3. The molecule has 0 saturated heterocycles. The Bertz CT molecular complexity index is 511. The fourth-order valence-electron chi connectivity index (χ4n) is 1.24. The molecule has 1 aromatic heterocycles. The van der Waals surface area contributed by atoms with Gasteiger partial charge in [0.2, 0.25) is 0 Å². The molecule has 0 atom stereocenters. The second kappa shape index (κ2) is 4.63. The van der Waals surface area contributed by atoms with Crippen molar-refractivity contribution in [3.8, 4) is 0 Å². The summed E-state index contributed by atoms with van der Waals surface area (Å²) in [4.78, 5) is 15.7. The smallest absolute Gasteiger partial charge is 0.275 e. The molecule has 5 heteroatoms. The highest BCUT2D eigenvalue weighted by molar-refractivity contribution is 7.07. The van der Waals surface area contributed by atoms with Crippen LogP contribution in [0.25, 0.3) is 0 Å². The summed E-state index contributed by atoms with van der Waals surface area (Å²) in [5, 5.41) is 5.07. The van der Waals surface area contributed by atoms with Crippen LogP contribution >= 0.6 is 22.9 Å². The first kappa shape index (κ1) is 11.1. The van der Waals surface area contributed by atoms with Crippen molar-refractivity contribution in [3.05, 3.63) is 45.4 Å². The summed E-state index contributed by atoms with van der Waals surface area (Å²) >= 11 is 7.25. The first-order valence-corrected chi connectivity index (χ1v) is 5.94. The van der Waals surface area contributed by atoms with Crippen LogP contribution in [0.1, 0.15) is 16.1 Å². The summed E-state index contributed by atoms with van der Waals surface area (Å²) in [5.41, 5.74) is 3.72. The number of halogens is 1. The molecule has 0 spiro atoms. The minimum atomic E-state index is -0.216. The van der Waals surface area contributed by atoms with E-state index in [2.05, 4.69) is 10.3 Å². The number of carbonyl (C=O) groups is 1. The van der Waals surface area contributed by atoms with Crippen molar-refractivity contribution in [2.24, 2.45) is 0 Å². The number of benzene rings is 1. The third-order valence-electron chi connectivity index (χ3n) is 2.11. The minimum absolute atomic E-state index is 0.216. The van der Waals surface area contributed by atoms with E-state index >= 15 is 0 Å². The monoisotopic (exact) mass is 252 g/mol. The maximum atomic E-state index is 11.7. The van der Waals surface area contributed by atoms with Gasteiger partial charge in [-0.1, -0.05) is 17.7 Å². The number of aryl methyl sites for hydroxylation is 1. The number of rotatable bonds is 2. The van der Waals surface area contributed by atoms with Crippen LogP contribution < -0.4 is 5.32 Å². The Morgan fingerprint density at radius 3 is 3.00 bits per heavy atom. The molecule has 1 amide bonds. The molecule has 1 N–H and O–H groups in total. The van der Waals surface area contributed by atoms with Gasteiger partial charge in [0.05, 0.1) is 5.51 Å². The fraction of sp³-hybridized carbons (Fsp3) is 0.0909. The third kappa shape index (κ3) is 2.40. The van der Waals surface area contributed by atoms with E-state index in [1.807, 2.05) is 13.0 Å². The summed E-state index contributed by atoms with van der Waals surface area (Å²) in [5.74, 6) is -0.216. The summed E-state index contributed by atoms with van der Waals surface area (Å²) in [6.07, 6.45) is 0. The Morgan fingerprint density at radius 1 is 1.50 bits per heavy atom. The topological polar surface area (TPSA) is 42.0 Å². The van der Waals surface area contributed by atoms with E-state index in [1.165, 1.54) is 11.3 Å². The van der Waals surface area contributed by atoms with Gasteiger partial charge >= 0.3 is 0 Å². The van der Waals surface area contributed by atoms with Gasteiger partial charge in [-0.05, 0) is 24.6 Å². The van der Waals surface area contributed by atoms with Crippen molar-refractivity contribution in [2.75, 3.05) is 5.32 Å². The molecule has 0 saturated carbocycles. The van der Waals surface area contributed by atoms with E-state index < -0.39 is 0 Å². The molecule has 0 fully saturated rings. The van der Waals surface area contributed by atoms with Crippen LogP contribution in [-0.4, -0.2) is 10.9 Å². The van der Waals surface area contributed by atoms with Crippen molar-refractivity contribution < 1.29 is 4.79 Å². The van der Waals surface area contributed by atoms with Crippen molar-refractivity contribution in [1.82, 2.24) is 4.98 Å².